The van der Waals surface area contributed by atoms with E-state index < -0.39 is 0 Å². The van der Waals surface area contributed by atoms with Crippen molar-refractivity contribution >= 4 is 5.91 Å². The predicted octanol–water partition coefficient (Wildman–Crippen LogP) is 2.72. The second kappa shape index (κ2) is 8.30. The maximum atomic E-state index is 12.4. The number of nitrogens with zero attached hydrogens (tertiary/aromatic N) is 1. The lowest BCUT2D eigenvalue weighted by Gasteiger charge is -2.26. The molecule has 1 unspecified atom stereocenters. The maximum Gasteiger partial charge on any atom is 0.249 e. The molecule has 1 atom stereocenters. The molecule has 3 heteroatoms. The smallest absolute Gasteiger partial charge is 0.249 e. The largest absolute Gasteiger partial charge is 0.337 e. The van der Waals surface area contributed by atoms with Gasteiger partial charge in [-0.1, -0.05) is 26.3 Å². The molecular weight excluding hydrogens is 224 g/mol. The Balaban J connectivity index is 2.57. The fourth-order valence-corrected chi connectivity index (χ4v) is 2.45. The zero-order chi connectivity index (χ0) is 13.4. The van der Waals surface area contributed by atoms with Gasteiger partial charge in [-0.05, 0) is 39.2 Å². The summed E-state index contributed by atoms with van der Waals surface area (Å²) in [6, 6.07) is 0.500. The van der Waals surface area contributed by atoms with E-state index in [-0.39, 0.29) is 5.91 Å². The van der Waals surface area contributed by atoms with E-state index in [1.54, 1.807) is 0 Å². The van der Waals surface area contributed by atoms with E-state index in [0.29, 0.717) is 6.04 Å². The molecule has 1 rings (SSSR count). The van der Waals surface area contributed by atoms with E-state index in [0.717, 1.165) is 44.5 Å². The Hall–Kier alpha value is -0.830. The first-order valence-corrected chi connectivity index (χ1v) is 7.38. The summed E-state index contributed by atoms with van der Waals surface area (Å²) < 4.78 is 0. The molecule has 3 nitrogen and oxygen atoms in total. The number of amides is 1. The van der Waals surface area contributed by atoms with Crippen molar-refractivity contribution in [2.45, 2.75) is 58.9 Å². The van der Waals surface area contributed by atoms with Crippen LogP contribution in [0.4, 0.5) is 0 Å². The molecule has 18 heavy (non-hydrogen) atoms. The lowest BCUT2D eigenvalue weighted by molar-refractivity contribution is -0.127. The maximum absolute atomic E-state index is 12.4. The monoisotopic (exact) mass is 252 g/mol. The quantitative estimate of drug-likeness (QED) is 0.707. The zero-order valence-corrected chi connectivity index (χ0v) is 12.2. The van der Waals surface area contributed by atoms with Gasteiger partial charge in [0.1, 0.15) is 0 Å². The SMILES string of the molecule is CCC=C(C)C(=O)N(CCCC)CC1CCCN1. The highest BCUT2D eigenvalue weighted by Crippen LogP contribution is 2.11. The Morgan fingerprint density at radius 3 is 2.78 bits per heavy atom. The summed E-state index contributed by atoms with van der Waals surface area (Å²) in [6.07, 6.45) is 7.64. The lowest BCUT2D eigenvalue weighted by atomic mass is 10.1. The van der Waals surface area contributed by atoms with Crippen LogP contribution in [-0.4, -0.2) is 36.5 Å². The molecule has 1 aliphatic heterocycles. The van der Waals surface area contributed by atoms with Gasteiger partial charge in [-0.3, -0.25) is 4.79 Å². The first kappa shape index (κ1) is 15.2. The summed E-state index contributed by atoms with van der Waals surface area (Å²) >= 11 is 0. The molecule has 0 radical (unpaired) electrons. The molecule has 1 heterocycles. The average molecular weight is 252 g/mol. The highest BCUT2D eigenvalue weighted by molar-refractivity contribution is 5.92. The van der Waals surface area contributed by atoms with Crippen molar-refractivity contribution in [3.05, 3.63) is 11.6 Å². The van der Waals surface area contributed by atoms with Crippen molar-refractivity contribution in [1.82, 2.24) is 10.2 Å². The number of hydrogen-bond acceptors (Lipinski definition) is 2. The van der Waals surface area contributed by atoms with Gasteiger partial charge >= 0.3 is 0 Å². The molecular formula is C15H28N2O. The van der Waals surface area contributed by atoms with Crippen molar-refractivity contribution in [1.29, 1.82) is 0 Å². The molecule has 0 spiro atoms. The lowest BCUT2D eigenvalue weighted by Crippen LogP contribution is -2.42. The van der Waals surface area contributed by atoms with Gasteiger partial charge in [0, 0.05) is 24.7 Å². The number of carbonyl (C=O) groups is 1. The standard InChI is InChI=1S/C15H28N2O/c1-4-6-11-17(12-14-9-7-10-16-14)15(18)13(3)8-5-2/h8,14,16H,4-7,9-12H2,1-3H3. The third-order valence-corrected chi connectivity index (χ3v) is 3.52. The van der Waals surface area contributed by atoms with Crippen LogP contribution in [0.1, 0.15) is 52.9 Å². The summed E-state index contributed by atoms with van der Waals surface area (Å²) in [4.78, 5) is 14.4. The molecule has 1 aliphatic rings. The summed E-state index contributed by atoms with van der Waals surface area (Å²) in [5, 5.41) is 3.48. The molecule has 0 aromatic heterocycles. The topological polar surface area (TPSA) is 32.3 Å². The fourth-order valence-electron chi connectivity index (χ4n) is 2.45. The first-order valence-electron chi connectivity index (χ1n) is 7.38. The van der Waals surface area contributed by atoms with Crippen molar-refractivity contribution in [3.63, 3.8) is 0 Å². The summed E-state index contributed by atoms with van der Waals surface area (Å²) in [7, 11) is 0. The minimum Gasteiger partial charge on any atom is -0.337 e. The molecule has 1 amide bonds. The summed E-state index contributed by atoms with van der Waals surface area (Å²) in [5.41, 5.74) is 0.895. The normalized spacial score (nSPS) is 20.2. The number of hydrogen-bond donors (Lipinski definition) is 1. The molecule has 0 aliphatic carbocycles. The molecule has 1 saturated heterocycles. The molecule has 0 aromatic rings. The Morgan fingerprint density at radius 1 is 1.44 bits per heavy atom. The first-order chi connectivity index (χ1) is 8.69. The van der Waals surface area contributed by atoms with Crippen LogP contribution in [0.2, 0.25) is 0 Å². The number of carbonyl (C=O) groups excluding carboxylic acids is 1. The van der Waals surface area contributed by atoms with Gasteiger partial charge in [-0.2, -0.15) is 0 Å². The Kier molecular flexibility index (Phi) is 7.02. The van der Waals surface area contributed by atoms with Gasteiger partial charge in [-0.15, -0.1) is 0 Å². The average Bonchev–Trinajstić information content (AvgIpc) is 2.86. The minimum atomic E-state index is 0.221. The molecule has 1 N–H and O–H groups in total. The second-order valence-corrected chi connectivity index (χ2v) is 5.19. The number of unbranched alkanes of at least 4 members (excludes halogenated alkanes) is 1. The van der Waals surface area contributed by atoms with E-state index in [9.17, 15) is 4.79 Å². The molecule has 1 fully saturated rings. The van der Waals surface area contributed by atoms with Crippen LogP contribution < -0.4 is 5.32 Å². The van der Waals surface area contributed by atoms with Gasteiger partial charge in [0.15, 0.2) is 0 Å². The summed E-state index contributed by atoms with van der Waals surface area (Å²) in [6.45, 7) is 9.05. The van der Waals surface area contributed by atoms with Crippen molar-refractivity contribution in [2.24, 2.45) is 0 Å². The van der Waals surface area contributed by atoms with Crippen LogP contribution >= 0.6 is 0 Å². The van der Waals surface area contributed by atoms with Gasteiger partial charge < -0.3 is 10.2 Å². The van der Waals surface area contributed by atoms with E-state index in [1.165, 1.54) is 12.8 Å². The minimum absolute atomic E-state index is 0.221. The van der Waals surface area contributed by atoms with Crippen LogP contribution in [0.25, 0.3) is 0 Å². The third-order valence-electron chi connectivity index (χ3n) is 3.52. The fraction of sp³-hybridized carbons (Fsp3) is 0.800. The Bertz CT molecular complexity index is 280. The number of nitrogens with one attached hydrogen (secondary N) is 1. The highest BCUT2D eigenvalue weighted by atomic mass is 16.2. The predicted molar refractivity (Wildman–Crippen MR) is 76.6 cm³/mol. The van der Waals surface area contributed by atoms with E-state index >= 15 is 0 Å². The van der Waals surface area contributed by atoms with Gasteiger partial charge in [0.05, 0.1) is 0 Å². The number of allylic oxidation sites excluding steroid dienone is 1. The van der Waals surface area contributed by atoms with Gasteiger partial charge in [0.2, 0.25) is 5.91 Å². The van der Waals surface area contributed by atoms with Crippen molar-refractivity contribution in [2.75, 3.05) is 19.6 Å². The Morgan fingerprint density at radius 2 is 2.22 bits per heavy atom. The van der Waals surface area contributed by atoms with Crippen LogP contribution in [-0.2, 0) is 4.79 Å². The number of rotatable bonds is 7. The third kappa shape index (κ3) is 4.81. The Labute approximate surface area is 112 Å². The molecule has 0 aromatic carbocycles. The van der Waals surface area contributed by atoms with Gasteiger partial charge in [0.25, 0.3) is 0 Å². The molecule has 0 saturated carbocycles. The van der Waals surface area contributed by atoms with Crippen LogP contribution in [0, 0.1) is 0 Å². The molecule has 104 valence electrons. The van der Waals surface area contributed by atoms with Crippen molar-refractivity contribution < 1.29 is 4.79 Å². The van der Waals surface area contributed by atoms with E-state index in [4.69, 9.17) is 0 Å². The van der Waals surface area contributed by atoms with E-state index in [1.807, 2.05) is 17.9 Å². The van der Waals surface area contributed by atoms with E-state index in [2.05, 4.69) is 19.2 Å². The zero-order valence-electron chi connectivity index (χ0n) is 12.2. The summed E-state index contributed by atoms with van der Waals surface area (Å²) in [5.74, 6) is 0.221. The highest BCUT2D eigenvalue weighted by Gasteiger charge is 2.21. The van der Waals surface area contributed by atoms with Gasteiger partial charge in [-0.25, -0.2) is 0 Å². The second-order valence-electron chi connectivity index (χ2n) is 5.19. The molecule has 0 bridgehead atoms. The van der Waals surface area contributed by atoms with Crippen molar-refractivity contribution in [3.8, 4) is 0 Å². The van der Waals surface area contributed by atoms with Crippen LogP contribution in [0.3, 0.4) is 0 Å². The van der Waals surface area contributed by atoms with Crippen LogP contribution in [0.15, 0.2) is 11.6 Å². The van der Waals surface area contributed by atoms with Crippen LogP contribution in [0.5, 0.6) is 0 Å².